The Labute approximate surface area is 208 Å². The average molecular weight is 473 g/mol. The highest BCUT2D eigenvalue weighted by molar-refractivity contribution is 6.01. The van der Waals surface area contributed by atoms with Gasteiger partial charge in [-0.2, -0.15) is 0 Å². The van der Waals surface area contributed by atoms with Crippen LogP contribution in [0.15, 0.2) is 35.6 Å². The Hall–Kier alpha value is -3.28. The van der Waals surface area contributed by atoms with Gasteiger partial charge in [-0.25, -0.2) is 4.98 Å². The number of hydrogen-bond acceptors (Lipinski definition) is 6. The predicted octanol–water partition coefficient (Wildman–Crippen LogP) is 6.22. The Balaban J connectivity index is 1.41. The standard InChI is InChI=1S/C29H36N4O2/c1-7-22-20(4)23-12-10-14-26(28(23)31-24(22)8-2)33-35-18-29(5,6)17-34-32-25-13-9-11-21-16-15-19(3)30-27(21)25/h7-8,15-16H,1-2,9-14,17-18H2,3-6H3/b32-25+,33-26+. The van der Waals surface area contributed by atoms with Gasteiger partial charge in [-0.15, -0.1) is 0 Å². The Morgan fingerprint density at radius 1 is 0.886 bits per heavy atom. The van der Waals surface area contributed by atoms with Gasteiger partial charge in [0.05, 0.1) is 17.1 Å². The minimum Gasteiger partial charge on any atom is -0.395 e. The maximum Gasteiger partial charge on any atom is 0.125 e. The third kappa shape index (κ3) is 5.53. The quantitative estimate of drug-likeness (QED) is 0.428. The normalized spacial score (nSPS) is 17.6. The van der Waals surface area contributed by atoms with E-state index in [0.29, 0.717) is 13.2 Å². The molecule has 0 bridgehead atoms. The molecule has 0 N–H and O–H groups in total. The summed E-state index contributed by atoms with van der Waals surface area (Å²) in [7, 11) is 0. The van der Waals surface area contributed by atoms with Gasteiger partial charge in [0.15, 0.2) is 0 Å². The first-order chi connectivity index (χ1) is 16.8. The van der Waals surface area contributed by atoms with Gasteiger partial charge in [-0.1, -0.05) is 49.5 Å². The van der Waals surface area contributed by atoms with Crippen LogP contribution in [0.25, 0.3) is 12.2 Å². The second-order valence-corrected chi connectivity index (χ2v) is 10.2. The zero-order chi connectivity index (χ0) is 25.0. The van der Waals surface area contributed by atoms with Crippen molar-refractivity contribution in [1.82, 2.24) is 9.97 Å². The lowest BCUT2D eigenvalue weighted by Crippen LogP contribution is -2.25. The maximum atomic E-state index is 5.84. The van der Waals surface area contributed by atoms with E-state index in [1.807, 2.05) is 13.0 Å². The summed E-state index contributed by atoms with van der Waals surface area (Å²) in [4.78, 5) is 21.2. The molecule has 0 spiro atoms. The van der Waals surface area contributed by atoms with E-state index in [1.165, 1.54) is 16.7 Å². The van der Waals surface area contributed by atoms with Crippen LogP contribution in [0.5, 0.6) is 0 Å². The number of aromatic nitrogens is 2. The molecule has 2 aliphatic carbocycles. The highest BCUT2D eigenvalue weighted by Gasteiger charge is 2.25. The number of pyridine rings is 2. The zero-order valence-electron chi connectivity index (χ0n) is 21.5. The molecule has 0 fully saturated rings. The molecule has 2 aromatic rings. The smallest absolute Gasteiger partial charge is 0.125 e. The second kappa shape index (κ2) is 10.5. The zero-order valence-corrected chi connectivity index (χ0v) is 21.5. The molecule has 35 heavy (non-hydrogen) atoms. The molecule has 4 rings (SSSR count). The molecule has 0 aromatic carbocycles. The molecule has 0 radical (unpaired) electrons. The van der Waals surface area contributed by atoms with Gasteiger partial charge < -0.3 is 9.68 Å². The molecule has 0 aliphatic heterocycles. The van der Waals surface area contributed by atoms with Gasteiger partial charge in [-0.05, 0) is 81.2 Å². The van der Waals surface area contributed by atoms with Crippen LogP contribution in [0.1, 0.15) is 84.6 Å². The summed E-state index contributed by atoms with van der Waals surface area (Å²) in [6.07, 6.45) is 9.50. The summed E-state index contributed by atoms with van der Waals surface area (Å²) < 4.78 is 0. The Morgan fingerprint density at radius 2 is 1.54 bits per heavy atom. The first-order valence-electron chi connectivity index (χ1n) is 12.5. The molecule has 0 saturated carbocycles. The van der Waals surface area contributed by atoms with Crippen LogP contribution in [0.3, 0.4) is 0 Å². The summed E-state index contributed by atoms with van der Waals surface area (Å²) in [6, 6.07) is 4.21. The summed E-state index contributed by atoms with van der Waals surface area (Å²) in [5.41, 5.74) is 10.0. The lowest BCUT2D eigenvalue weighted by Gasteiger charge is -2.24. The van der Waals surface area contributed by atoms with Gasteiger partial charge in [0.25, 0.3) is 0 Å². The minimum atomic E-state index is -0.258. The van der Waals surface area contributed by atoms with E-state index >= 15 is 0 Å². The molecule has 2 heterocycles. The fourth-order valence-electron chi connectivity index (χ4n) is 4.68. The molecule has 0 saturated heterocycles. The molecule has 0 atom stereocenters. The van der Waals surface area contributed by atoms with Crippen LogP contribution >= 0.6 is 0 Å². The van der Waals surface area contributed by atoms with Crippen molar-refractivity contribution in [2.75, 3.05) is 13.2 Å². The van der Waals surface area contributed by atoms with Crippen LogP contribution < -0.4 is 0 Å². The third-order valence-electron chi connectivity index (χ3n) is 6.67. The molecular weight excluding hydrogens is 436 g/mol. The maximum absolute atomic E-state index is 5.84. The summed E-state index contributed by atoms with van der Waals surface area (Å²) in [5.74, 6) is 0. The Kier molecular flexibility index (Phi) is 7.48. The molecule has 0 unspecified atom stereocenters. The van der Waals surface area contributed by atoms with Gasteiger partial charge in [0.1, 0.15) is 24.6 Å². The predicted molar refractivity (Wildman–Crippen MR) is 143 cm³/mol. The van der Waals surface area contributed by atoms with Crippen molar-refractivity contribution in [3.63, 3.8) is 0 Å². The molecule has 0 amide bonds. The van der Waals surface area contributed by atoms with Crippen LogP contribution in [0.4, 0.5) is 0 Å². The molecule has 2 aromatic heterocycles. The van der Waals surface area contributed by atoms with Crippen molar-refractivity contribution in [2.45, 2.75) is 66.2 Å². The first kappa shape index (κ1) is 24.8. The van der Waals surface area contributed by atoms with Gasteiger partial charge in [0.2, 0.25) is 0 Å². The Morgan fingerprint density at radius 3 is 2.20 bits per heavy atom. The molecule has 6 nitrogen and oxygen atoms in total. The minimum absolute atomic E-state index is 0.258. The third-order valence-corrected chi connectivity index (χ3v) is 6.67. The van der Waals surface area contributed by atoms with Crippen LogP contribution in [-0.2, 0) is 22.5 Å². The molecular formula is C29H36N4O2. The summed E-state index contributed by atoms with van der Waals surface area (Å²) in [6.45, 7) is 17.0. The van der Waals surface area contributed by atoms with Crippen LogP contribution in [0, 0.1) is 19.3 Å². The van der Waals surface area contributed by atoms with Crippen molar-refractivity contribution in [3.05, 3.63) is 70.3 Å². The molecule has 2 aliphatic rings. The van der Waals surface area contributed by atoms with E-state index in [1.54, 1.807) is 6.08 Å². The Bertz CT molecular complexity index is 1190. The topological polar surface area (TPSA) is 69.0 Å². The number of fused-ring (bicyclic) bond motifs is 2. The van der Waals surface area contributed by atoms with Crippen molar-refractivity contribution >= 4 is 23.6 Å². The number of hydrogen-bond donors (Lipinski definition) is 0. The van der Waals surface area contributed by atoms with Gasteiger partial charge in [0, 0.05) is 16.7 Å². The largest absolute Gasteiger partial charge is 0.395 e. The summed E-state index contributed by atoms with van der Waals surface area (Å²) in [5, 5.41) is 8.97. The average Bonchev–Trinajstić information content (AvgIpc) is 2.84. The second-order valence-electron chi connectivity index (χ2n) is 10.2. The van der Waals surface area contributed by atoms with E-state index in [9.17, 15) is 0 Å². The van der Waals surface area contributed by atoms with Crippen LogP contribution in [-0.4, -0.2) is 34.6 Å². The fourth-order valence-corrected chi connectivity index (χ4v) is 4.68. The number of nitrogens with zero attached hydrogens (tertiary/aromatic N) is 4. The van der Waals surface area contributed by atoms with E-state index in [4.69, 9.17) is 14.7 Å². The lowest BCUT2D eigenvalue weighted by molar-refractivity contribution is -0.000312. The van der Waals surface area contributed by atoms with Crippen molar-refractivity contribution in [3.8, 4) is 0 Å². The van der Waals surface area contributed by atoms with E-state index < -0.39 is 0 Å². The highest BCUT2D eigenvalue weighted by atomic mass is 16.6. The van der Waals surface area contributed by atoms with Crippen molar-refractivity contribution < 1.29 is 9.68 Å². The first-order valence-corrected chi connectivity index (χ1v) is 12.5. The highest BCUT2D eigenvalue weighted by Crippen LogP contribution is 2.29. The van der Waals surface area contributed by atoms with Crippen molar-refractivity contribution in [2.24, 2.45) is 15.7 Å². The van der Waals surface area contributed by atoms with Crippen molar-refractivity contribution in [1.29, 1.82) is 0 Å². The number of rotatable bonds is 8. The van der Waals surface area contributed by atoms with Gasteiger partial charge in [-0.3, -0.25) is 4.98 Å². The molecule has 6 heteroatoms. The SMILES string of the molecule is C=Cc1nc2c(c(C)c1C=C)CCC/C2=N\OCC(C)(C)CO/N=C1\CCCc2ccc(C)nc21. The number of aryl methyl sites for hydroxylation is 2. The van der Waals surface area contributed by atoms with E-state index in [2.05, 4.69) is 61.4 Å². The van der Waals surface area contributed by atoms with E-state index in [-0.39, 0.29) is 5.41 Å². The fraction of sp³-hybridized carbons (Fsp3) is 0.448. The monoisotopic (exact) mass is 472 g/mol. The lowest BCUT2D eigenvalue weighted by atomic mass is 9.88. The number of oxime groups is 2. The van der Waals surface area contributed by atoms with Crippen LogP contribution in [0.2, 0.25) is 0 Å². The van der Waals surface area contributed by atoms with E-state index in [0.717, 1.165) is 78.3 Å². The molecule has 184 valence electrons. The summed E-state index contributed by atoms with van der Waals surface area (Å²) >= 11 is 0. The van der Waals surface area contributed by atoms with Gasteiger partial charge >= 0.3 is 0 Å².